The molecule has 28 heavy (non-hydrogen) atoms. The Labute approximate surface area is 164 Å². The van der Waals surface area contributed by atoms with Crippen LogP contribution in [0.5, 0.6) is 5.75 Å². The molecule has 2 amide bonds. The van der Waals surface area contributed by atoms with E-state index in [2.05, 4.69) is 5.32 Å². The fourth-order valence-electron chi connectivity index (χ4n) is 3.27. The van der Waals surface area contributed by atoms with Gasteiger partial charge in [0.2, 0.25) is 0 Å². The number of carbonyl (C=O) groups is 2. The molecule has 3 rings (SSSR count). The highest BCUT2D eigenvalue weighted by Crippen LogP contribution is 2.33. The van der Waals surface area contributed by atoms with Crippen LogP contribution >= 0.6 is 0 Å². The lowest BCUT2D eigenvalue weighted by atomic mass is 9.97. The highest BCUT2D eigenvalue weighted by atomic mass is 16.5. The Balaban J connectivity index is 2.08. The zero-order chi connectivity index (χ0) is 20.3. The quantitative estimate of drug-likeness (QED) is 0.748. The number of carbonyl (C=O) groups excluding carboxylic acids is 2. The smallest absolute Gasteiger partial charge is 0.278 e. The van der Waals surface area contributed by atoms with Gasteiger partial charge in [-0.05, 0) is 37.1 Å². The number of ether oxygens (including phenoxy) is 2. The largest absolute Gasteiger partial charge is 0.497 e. The topological polar surface area (TPSA) is 67.9 Å². The third-order valence-corrected chi connectivity index (χ3v) is 4.68. The molecule has 2 aromatic carbocycles. The van der Waals surface area contributed by atoms with E-state index in [1.807, 2.05) is 50.2 Å². The van der Waals surface area contributed by atoms with Crippen molar-refractivity contribution in [3.05, 3.63) is 64.9 Å². The molecule has 1 N–H and O–H groups in total. The molecule has 1 heterocycles. The van der Waals surface area contributed by atoms with Gasteiger partial charge in [-0.2, -0.15) is 0 Å². The van der Waals surface area contributed by atoms with Crippen LogP contribution in [-0.2, 0) is 14.3 Å². The monoisotopic (exact) mass is 380 g/mol. The Hall–Kier alpha value is -3.12. The summed E-state index contributed by atoms with van der Waals surface area (Å²) in [6, 6.07) is 13.1. The predicted molar refractivity (Wildman–Crippen MR) is 108 cm³/mol. The maximum absolute atomic E-state index is 13.1. The van der Waals surface area contributed by atoms with Crippen molar-refractivity contribution in [1.82, 2.24) is 4.90 Å². The average molecular weight is 380 g/mol. The molecular formula is C22H24N2O4. The highest BCUT2D eigenvalue weighted by Gasteiger charge is 2.39. The fourth-order valence-corrected chi connectivity index (χ4v) is 3.27. The van der Waals surface area contributed by atoms with Gasteiger partial charge in [-0.3, -0.25) is 14.5 Å². The molecule has 0 saturated heterocycles. The lowest BCUT2D eigenvalue weighted by Gasteiger charge is -2.14. The molecule has 0 radical (unpaired) electrons. The normalized spacial score (nSPS) is 14.1. The molecule has 0 spiro atoms. The Bertz CT molecular complexity index is 949. The number of amides is 2. The first-order chi connectivity index (χ1) is 13.5. The van der Waals surface area contributed by atoms with E-state index in [-0.39, 0.29) is 30.7 Å². The molecule has 0 unspecified atom stereocenters. The second-order valence-corrected chi connectivity index (χ2v) is 6.68. The first kappa shape index (κ1) is 19.6. The van der Waals surface area contributed by atoms with Crippen molar-refractivity contribution in [1.29, 1.82) is 0 Å². The van der Waals surface area contributed by atoms with E-state index in [1.54, 1.807) is 20.3 Å². The molecule has 0 saturated carbocycles. The first-order valence-electron chi connectivity index (χ1n) is 9.04. The number of nitrogens with one attached hydrogen (secondary N) is 1. The molecule has 146 valence electrons. The van der Waals surface area contributed by atoms with Gasteiger partial charge in [0.25, 0.3) is 11.8 Å². The van der Waals surface area contributed by atoms with Gasteiger partial charge in [0.15, 0.2) is 0 Å². The minimum Gasteiger partial charge on any atom is -0.497 e. The van der Waals surface area contributed by atoms with Crippen LogP contribution < -0.4 is 10.1 Å². The number of nitrogens with zero attached hydrogens (tertiary/aromatic N) is 1. The van der Waals surface area contributed by atoms with Crippen LogP contribution in [0, 0.1) is 13.8 Å². The number of hydrogen-bond acceptors (Lipinski definition) is 5. The van der Waals surface area contributed by atoms with E-state index in [9.17, 15) is 9.59 Å². The average Bonchev–Trinajstić information content (AvgIpc) is 2.90. The van der Waals surface area contributed by atoms with E-state index in [0.29, 0.717) is 17.0 Å². The van der Waals surface area contributed by atoms with E-state index < -0.39 is 0 Å². The van der Waals surface area contributed by atoms with Gasteiger partial charge in [-0.25, -0.2) is 0 Å². The van der Waals surface area contributed by atoms with Crippen molar-refractivity contribution < 1.29 is 19.1 Å². The summed E-state index contributed by atoms with van der Waals surface area (Å²) >= 11 is 0. The van der Waals surface area contributed by atoms with Crippen molar-refractivity contribution >= 4 is 23.1 Å². The summed E-state index contributed by atoms with van der Waals surface area (Å²) in [4.78, 5) is 27.4. The van der Waals surface area contributed by atoms with Crippen LogP contribution in [0.2, 0.25) is 0 Å². The van der Waals surface area contributed by atoms with Gasteiger partial charge in [-0.1, -0.05) is 29.8 Å². The standard InChI is InChI=1S/C22H24N2O4/c1-14-8-9-18(15(2)12-14)19-20(22(26)24(21(19)25)10-11-27-3)23-16-6-5-7-17(13-16)28-4/h5-9,12-13,23H,10-11H2,1-4H3. The Morgan fingerprint density at radius 2 is 1.79 bits per heavy atom. The lowest BCUT2D eigenvalue weighted by molar-refractivity contribution is -0.137. The Morgan fingerprint density at radius 1 is 1.00 bits per heavy atom. The summed E-state index contributed by atoms with van der Waals surface area (Å²) in [7, 11) is 3.12. The van der Waals surface area contributed by atoms with Crippen molar-refractivity contribution in [3.63, 3.8) is 0 Å². The van der Waals surface area contributed by atoms with Crippen molar-refractivity contribution in [3.8, 4) is 5.75 Å². The highest BCUT2D eigenvalue weighted by molar-refractivity contribution is 6.36. The summed E-state index contributed by atoms with van der Waals surface area (Å²) < 4.78 is 10.3. The minimum atomic E-state index is -0.361. The van der Waals surface area contributed by atoms with Crippen molar-refractivity contribution in [2.75, 3.05) is 32.7 Å². The molecule has 0 atom stereocenters. The molecule has 2 aromatic rings. The summed E-state index contributed by atoms with van der Waals surface area (Å²) in [6.07, 6.45) is 0. The second-order valence-electron chi connectivity index (χ2n) is 6.68. The predicted octanol–water partition coefficient (Wildman–Crippen LogP) is 3.15. The number of methoxy groups -OCH3 is 2. The molecule has 1 aliphatic heterocycles. The number of aryl methyl sites for hydroxylation is 2. The summed E-state index contributed by atoms with van der Waals surface area (Å²) in [5.41, 5.74) is 4.09. The van der Waals surface area contributed by atoms with Crippen LogP contribution in [0.4, 0.5) is 5.69 Å². The van der Waals surface area contributed by atoms with Crippen LogP contribution in [0.1, 0.15) is 16.7 Å². The maximum atomic E-state index is 13.1. The van der Waals surface area contributed by atoms with Gasteiger partial charge in [0, 0.05) is 18.9 Å². The summed E-state index contributed by atoms with van der Waals surface area (Å²) in [5, 5.41) is 3.14. The van der Waals surface area contributed by atoms with Gasteiger partial charge < -0.3 is 14.8 Å². The number of imide groups is 1. The van der Waals surface area contributed by atoms with E-state index in [4.69, 9.17) is 9.47 Å². The summed E-state index contributed by atoms with van der Waals surface area (Å²) in [6.45, 7) is 4.41. The second kappa shape index (κ2) is 8.27. The number of hydrogen-bond donors (Lipinski definition) is 1. The Kier molecular flexibility index (Phi) is 5.80. The van der Waals surface area contributed by atoms with Crippen molar-refractivity contribution in [2.24, 2.45) is 0 Å². The third-order valence-electron chi connectivity index (χ3n) is 4.68. The minimum absolute atomic E-state index is 0.200. The van der Waals surface area contributed by atoms with Crippen LogP contribution in [0.3, 0.4) is 0 Å². The maximum Gasteiger partial charge on any atom is 0.278 e. The molecule has 6 nitrogen and oxygen atoms in total. The Morgan fingerprint density at radius 3 is 2.46 bits per heavy atom. The SMILES string of the molecule is COCCN1C(=O)C(Nc2cccc(OC)c2)=C(c2ccc(C)cc2C)C1=O. The molecular weight excluding hydrogens is 356 g/mol. The van der Waals surface area contributed by atoms with Gasteiger partial charge in [-0.15, -0.1) is 0 Å². The van der Waals surface area contributed by atoms with Gasteiger partial charge in [0.1, 0.15) is 11.4 Å². The first-order valence-corrected chi connectivity index (χ1v) is 9.04. The van der Waals surface area contributed by atoms with Crippen LogP contribution in [0.25, 0.3) is 5.57 Å². The molecule has 1 aliphatic rings. The summed E-state index contributed by atoms with van der Waals surface area (Å²) in [5.74, 6) is -0.0223. The van der Waals surface area contributed by atoms with Gasteiger partial charge >= 0.3 is 0 Å². The fraction of sp³-hybridized carbons (Fsp3) is 0.273. The zero-order valence-corrected chi connectivity index (χ0v) is 16.5. The molecule has 0 bridgehead atoms. The van der Waals surface area contributed by atoms with E-state index >= 15 is 0 Å². The molecule has 0 fully saturated rings. The molecule has 0 aliphatic carbocycles. The van der Waals surface area contributed by atoms with E-state index in [1.165, 1.54) is 4.90 Å². The zero-order valence-electron chi connectivity index (χ0n) is 16.5. The third kappa shape index (κ3) is 3.77. The lowest BCUT2D eigenvalue weighted by Crippen LogP contribution is -2.35. The molecule has 6 heteroatoms. The van der Waals surface area contributed by atoms with Gasteiger partial charge in [0.05, 0.1) is 25.8 Å². The number of rotatable bonds is 7. The van der Waals surface area contributed by atoms with Crippen LogP contribution in [-0.4, -0.2) is 44.1 Å². The number of anilines is 1. The number of benzene rings is 2. The van der Waals surface area contributed by atoms with E-state index in [0.717, 1.165) is 16.7 Å². The van der Waals surface area contributed by atoms with Crippen LogP contribution in [0.15, 0.2) is 48.2 Å². The molecule has 0 aromatic heterocycles. The van der Waals surface area contributed by atoms with Crippen molar-refractivity contribution in [2.45, 2.75) is 13.8 Å².